The minimum Gasteiger partial charge on any atom is -0.378 e. The molecule has 1 atom stereocenters. The fraction of sp³-hybridized carbons (Fsp3) is 0.250. The van der Waals surface area contributed by atoms with Gasteiger partial charge in [0.1, 0.15) is 0 Å². The lowest BCUT2D eigenvalue weighted by atomic mass is 10.1. The minimum atomic E-state index is -1.27. The predicted molar refractivity (Wildman–Crippen MR) is 99.6 cm³/mol. The number of amides is 2. The molecule has 0 bridgehead atoms. The zero-order valence-electron chi connectivity index (χ0n) is 14.5. The molecule has 1 saturated carbocycles. The van der Waals surface area contributed by atoms with E-state index in [0.717, 1.165) is 24.1 Å². The second-order valence-corrected chi connectivity index (χ2v) is 6.33. The molecule has 2 aromatic carbocycles. The molecule has 2 amide bonds. The van der Waals surface area contributed by atoms with E-state index in [9.17, 15) is 14.7 Å². The van der Waals surface area contributed by atoms with Crippen LogP contribution in [0.3, 0.4) is 0 Å². The van der Waals surface area contributed by atoms with E-state index in [4.69, 9.17) is 0 Å². The molecule has 0 radical (unpaired) electrons. The summed E-state index contributed by atoms with van der Waals surface area (Å²) in [6.07, 6.45) is 0.654. The van der Waals surface area contributed by atoms with Crippen molar-refractivity contribution in [2.24, 2.45) is 11.0 Å². The van der Waals surface area contributed by atoms with Crippen LogP contribution in [-0.4, -0.2) is 22.6 Å². The van der Waals surface area contributed by atoms with Crippen LogP contribution < -0.4 is 10.7 Å². The van der Waals surface area contributed by atoms with Gasteiger partial charge in [0.15, 0.2) is 6.10 Å². The first kappa shape index (κ1) is 17.8. The second-order valence-electron chi connectivity index (χ2n) is 6.33. The number of carbonyl (C=O) groups is 2. The first-order chi connectivity index (χ1) is 12.5. The van der Waals surface area contributed by atoms with Crippen molar-refractivity contribution in [2.75, 3.05) is 5.32 Å². The maximum absolute atomic E-state index is 12.0. The zero-order chi connectivity index (χ0) is 18.5. The van der Waals surface area contributed by atoms with Crippen LogP contribution in [0.2, 0.25) is 0 Å². The van der Waals surface area contributed by atoms with Gasteiger partial charge in [0.25, 0.3) is 5.91 Å². The summed E-state index contributed by atoms with van der Waals surface area (Å²) in [4.78, 5) is 23.8. The van der Waals surface area contributed by atoms with Crippen LogP contribution in [0.15, 0.2) is 59.7 Å². The highest BCUT2D eigenvalue weighted by Crippen LogP contribution is 2.30. The summed E-state index contributed by atoms with van der Waals surface area (Å²) in [6.45, 7) is 1.76. The predicted octanol–water partition coefficient (Wildman–Crippen LogP) is 2.61. The smallest absolute Gasteiger partial charge is 0.273 e. The number of rotatable bonds is 6. The fourth-order valence-corrected chi connectivity index (χ4v) is 2.44. The van der Waals surface area contributed by atoms with Crippen LogP contribution in [0, 0.1) is 5.92 Å². The molecule has 0 heterocycles. The van der Waals surface area contributed by atoms with Gasteiger partial charge in [0, 0.05) is 11.6 Å². The molecule has 0 aromatic heterocycles. The highest BCUT2D eigenvalue weighted by atomic mass is 16.3. The number of nitrogens with zero attached hydrogens (tertiary/aromatic N) is 1. The van der Waals surface area contributed by atoms with Crippen LogP contribution in [0.1, 0.15) is 37.0 Å². The Balaban J connectivity index is 1.58. The van der Waals surface area contributed by atoms with Gasteiger partial charge >= 0.3 is 0 Å². The number of anilines is 1. The van der Waals surface area contributed by atoms with Gasteiger partial charge in [-0.1, -0.05) is 42.5 Å². The molecule has 26 heavy (non-hydrogen) atoms. The highest BCUT2D eigenvalue weighted by Gasteiger charge is 2.29. The number of hydrogen-bond acceptors (Lipinski definition) is 4. The molecule has 1 aliphatic rings. The van der Waals surface area contributed by atoms with Crippen LogP contribution in [0.25, 0.3) is 0 Å². The van der Waals surface area contributed by atoms with E-state index >= 15 is 0 Å². The number of benzene rings is 2. The number of hydrogen-bond donors (Lipinski definition) is 3. The molecule has 2 aromatic rings. The van der Waals surface area contributed by atoms with Crippen molar-refractivity contribution < 1.29 is 14.7 Å². The van der Waals surface area contributed by atoms with Crippen molar-refractivity contribution in [2.45, 2.75) is 25.9 Å². The zero-order valence-corrected chi connectivity index (χ0v) is 14.5. The molecule has 1 fully saturated rings. The third-order valence-corrected chi connectivity index (χ3v) is 4.22. The molecular weight excluding hydrogens is 330 g/mol. The molecular formula is C20H21N3O3. The maximum Gasteiger partial charge on any atom is 0.273 e. The average molecular weight is 351 g/mol. The standard InChI is InChI=1S/C20H21N3O3/c1-13(22-23-20(26)18(24)15-5-3-2-4-6-15)14-9-11-17(12-10-14)21-19(25)16-7-8-16/h2-6,9-12,16,18,24H,7-8H2,1H3,(H,21,25)(H,23,26)/b22-13+/t18-/m1/s1. The Bertz CT molecular complexity index is 812. The normalized spacial score (nSPS) is 15.2. The first-order valence-corrected chi connectivity index (χ1v) is 8.53. The van der Waals surface area contributed by atoms with E-state index in [2.05, 4.69) is 15.8 Å². The Hall–Kier alpha value is -2.99. The Morgan fingerprint density at radius 2 is 1.73 bits per heavy atom. The summed E-state index contributed by atoms with van der Waals surface area (Å²) >= 11 is 0. The van der Waals surface area contributed by atoms with Gasteiger partial charge in [-0.15, -0.1) is 0 Å². The Morgan fingerprint density at radius 1 is 1.08 bits per heavy atom. The van der Waals surface area contributed by atoms with Crippen molar-refractivity contribution in [1.29, 1.82) is 0 Å². The van der Waals surface area contributed by atoms with Gasteiger partial charge in [-0.25, -0.2) is 5.43 Å². The molecule has 0 unspecified atom stereocenters. The maximum atomic E-state index is 12.0. The van der Waals surface area contributed by atoms with E-state index in [1.165, 1.54) is 0 Å². The summed E-state index contributed by atoms with van der Waals surface area (Å²) in [5.41, 5.74) is 5.03. The number of aliphatic hydroxyl groups is 1. The van der Waals surface area contributed by atoms with Crippen LogP contribution in [0.4, 0.5) is 5.69 Å². The number of hydrazone groups is 1. The molecule has 0 aliphatic heterocycles. The molecule has 0 saturated heterocycles. The summed E-state index contributed by atoms with van der Waals surface area (Å²) in [5, 5.41) is 16.9. The summed E-state index contributed by atoms with van der Waals surface area (Å²) in [6, 6.07) is 15.9. The van der Waals surface area contributed by atoms with Crippen molar-refractivity contribution in [1.82, 2.24) is 5.43 Å². The van der Waals surface area contributed by atoms with Gasteiger partial charge in [-0.2, -0.15) is 5.10 Å². The average Bonchev–Trinajstić information content (AvgIpc) is 3.52. The summed E-state index contributed by atoms with van der Waals surface area (Å²) in [7, 11) is 0. The van der Waals surface area contributed by atoms with Crippen LogP contribution in [0.5, 0.6) is 0 Å². The lowest BCUT2D eigenvalue weighted by Crippen LogP contribution is -2.26. The van der Waals surface area contributed by atoms with Crippen LogP contribution in [-0.2, 0) is 9.59 Å². The molecule has 134 valence electrons. The van der Waals surface area contributed by atoms with Crippen LogP contribution >= 0.6 is 0 Å². The SMILES string of the molecule is C/C(=N\NC(=O)[C@H](O)c1ccccc1)c1ccc(NC(=O)C2CC2)cc1. The molecule has 3 N–H and O–H groups in total. The second kappa shape index (κ2) is 7.93. The third kappa shape index (κ3) is 4.55. The van der Waals surface area contributed by atoms with Crippen molar-refractivity contribution in [3.63, 3.8) is 0 Å². The van der Waals surface area contributed by atoms with Crippen molar-refractivity contribution >= 4 is 23.2 Å². The fourth-order valence-electron chi connectivity index (χ4n) is 2.44. The van der Waals surface area contributed by atoms with E-state index in [0.29, 0.717) is 11.3 Å². The van der Waals surface area contributed by atoms with Gasteiger partial charge in [0.05, 0.1) is 5.71 Å². The van der Waals surface area contributed by atoms with E-state index in [1.807, 2.05) is 18.2 Å². The Morgan fingerprint density at radius 3 is 2.35 bits per heavy atom. The van der Waals surface area contributed by atoms with Gasteiger partial charge in [-0.3, -0.25) is 9.59 Å². The summed E-state index contributed by atoms with van der Waals surface area (Å²) < 4.78 is 0. The van der Waals surface area contributed by atoms with Gasteiger partial charge in [0.2, 0.25) is 5.91 Å². The lowest BCUT2D eigenvalue weighted by molar-refractivity contribution is -0.129. The summed E-state index contributed by atoms with van der Waals surface area (Å²) in [5.74, 6) is -0.376. The number of nitrogens with one attached hydrogen (secondary N) is 2. The van der Waals surface area contributed by atoms with E-state index in [1.54, 1.807) is 43.3 Å². The topological polar surface area (TPSA) is 90.8 Å². The largest absolute Gasteiger partial charge is 0.378 e. The molecule has 3 rings (SSSR count). The Labute approximate surface area is 151 Å². The third-order valence-electron chi connectivity index (χ3n) is 4.22. The van der Waals surface area contributed by atoms with E-state index < -0.39 is 12.0 Å². The lowest BCUT2D eigenvalue weighted by Gasteiger charge is -2.10. The van der Waals surface area contributed by atoms with Crippen molar-refractivity contribution in [3.8, 4) is 0 Å². The first-order valence-electron chi connectivity index (χ1n) is 8.53. The molecule has 1 aliphatic carbocycles. The van der Waals surface area contributed by atoms with Gasteiger partial charge < -0.3 is 10.4 Å². The number of aliphatic hydroxyl groups excluding tert-OH is 1. The minimum absolute atomic E-state index is 0.0605. The number of carbonyl (C=O) groups excluding carboxylic acids is 2. The van der Waals surface area contributed by atoms with Gasteiger partial charge in [-0.05, 0) is 43.0 Å². The Kier molecular flexibility index (Phi) is 5.43. The van der Waals surface area contributed by atoms with Crippen molar-refractivity contribution in [3.05, 3.63) is 65.7 Å². The monoisotopic (exact) mass is 351 g/mol. The highest BCUT2D eigenvalue weighted by molar-refractivity contribution is 6.00. The van der Waals surface area contributed by atoms with E-state index in [-0.39, 0.29) is 11.8 Å². The quantitative estimate of drug-likeness (QED) is 0.552. The molecule has 6 nitrogen and oxygen atoms in total. The molecule has 0 spiro atoms. The molecule has 6 heteroatoms.